The van der Waals surface area contributed by atoms with Gasteiger partial charge in [0.25, 0.3) is 0 Å². The van der Waals surface area contributed by atoms with Crippen LogP contribution in [-0.2, 0) is 0 Å². The largest absolute Gasteiger partial charge is 0.313 e. The molecule has 2 atom stereocenters. The van der Waals surface area contributed by atoms with Crippen molar-refractivity contribution in [3.05, 3.63) is 24.3 Å². The zero-order valence-electron chi connectivity index (χ0n) is 13.1. The van der Waals surface area contributed by atoms with E-state index in [1.54, 1.807) is 0 Å². The highest BCUT2D eigenvalue weighted by atomic mass is 32.2. The summed E-state index contributed by atoms with van der Waals surface area (Å²) < 4.78 is 2.52. The Labute approximate surface area is 135 Å². The van der Waals surface area contributed by atoms with Gasteiger partial charge in [0, 0.05) is 11.3 Å². The van der Waals surface area contributed by atoms with Gasteiger partial charge in [-0.1, -0.05) is 51.1 Å². The average Bonchev–Trinajstić information content (AvgIpc) is 2.84. The maximum Gasteiger partial charge on any atom is 0.151 e. The second-order valence-electron chi connectivity index (χ2n) is 6.52. The molecule has 0 amide bonds. The molecule has 0 radical (unpaired) electrons. The summed E-state index contributed by atoms with van der Waals surface area (Å²) in [6, 6.07) is 9.03. The highest BCUT2D eigenvalue weighted by Crippen LogP contribution is 2.44. The summed E-state index contributed by atoms with van der Waals surface area (Å²) in [5.74, 6) is 0. The molecule has 21 heavy (non-hydrogen) atoms. The molecule has 0 saturated heterocycles. The number of benzene rings is 1. The number of fused-ring (bicyclic) bond motifs is 1. The Morgan fingerprint density at radius 3 is 2.95 bits per heavy atom. The molecule has 4 heteroatoms. The Morgan fingerprint density at radius 1 is 1.38 bits per heavy atom. The summed E-state index contributed by atoms with van der Waals surface area (Å²) >= 11 is 3.82. The first kappa shape index (κ1) is 15.3. The number of rotatable bonds is 4. The molecule has 1 aromatic carbocycles. The lowest BCUT2D eigenvalue weighted by atomic mass is 9.73. The minimum absolute atomic E-state index is 0.378. The number of nitrogens with one attached hydrogen (secondary N) is 1. The van der Waals surface area contributed by atoms with Crippen LogP contribution in [0.4, 0.5) is 0 Å². The van der Waals surface area contributed by atoms with E-state index in [0.717, 1.165) is 12.1 Å². The first-order valence-corrected chi connectivity index (χ1v) is 9.55. The highest BCUT2D eigenvalue weighted by Gasteiger charge is 2.39. The van der Waals surface area contributed by atoms with Gasteiger partial charge in [-0.3, -0.25) is 0 Å². The average molecular weight is 321 g/mol. The molecule has 1 aliphatic carbocycles. The van der Waals surface area contributed by atoms with Crippen LogP contribution in [0.1, 0.15) is 40.0 Å². The third kappa shape index (κ3) is 3.27. The smallest absolute Gasteiger partial charge is 0.151 e. The van der Waals surface area contributed by atoms with Crippen molar-refractivity contribution >= 4 is 33.3 Å². The molecule has 1 fully saturated rings. The molecule has 1 saturated carbocycles. The molecule has 0 bridgehead atoms. The second kappa shape index (κ2) is 6.27. The molecule has 1 heterocycles. The third-order valence-electron chi connectivity index (χ3n) is 4.47. The zero-order valence-corrected chi connectivity index (χ0v) is 14.7. The van der Waals surface area contributed by atoms with Crippen LogP contribution in [0.25, 0.3) is 10.2 Å². The van der Waals surface area contributed by atoms with E-state index in [2.05, 4.69) is 50.4 Å². The van der Waals surface area contributed by atoms with Crippen LogP contribution in [0.5, 0.6) is 0 Å². The monoisotopic (exact) mass is 320 g/mol. The standard InChI is InChI=1S/C17H24N2S2/c1-4-18-15-14(10-7-11-17(15,2)3)21-16-19-12-8-5-6-9-13(12)20-16/h5-6,8-9,14-15,18H,4,7,10-11H2,1-3H3. The Hall–Kier alpha value is -0.580. The summed E-state index contributed by atoms with van der Waals surface area (Å²) in [6.45, 7) is 8.08. The molecule has 2 aromatic rings. The predicted octanol–water partition coefficient (Wildman–Crippen LogP) is 4.95. The predicted molar refractivity (Wildman–Crippen MR) is 94.4 cm³/mol. The number of thioether (sulfide) groups is 1. The van der Waals surface area contributed by atoms with Gasteiger partial charge in [-0.2, -0.15) is 0 Å². The number of thiazole rings is 1. The Bertz CT molecular complexity index is 573. The maximum atomic E-state index is 4.80. The third-order valence-corrected chi connectivity index (χ3v) is 6.95. The molecule has 2 unspecified atom stereocenters. The van der Waals surface area contributed by atoms with Crippen molar-refractivity contribution in [2.75, 3.05) is 6.54 Å². The summed E-state index contributed by atoms with van der Waals surface area (Å²) in [7, 11) is 0. The van der Waals surface area contributed by atoms with Crippen LogP contribution in [0.3, 0.4) is 0 Å². The molecule has 3 rings (SSSR count). The van der Waals surface area contributed by atoms with E-state index in [4.69, 9.17) is 4.98 Å². The van der Waals surface area contributed by atoms with Crippen LogP contribution in [-0.4, -0.2) is 22.8 Å². The molecular weight excluding hydrogens is 296 g/mol. The lowest BCUT2D eigenvalue weighted by Crippen LogP contribution is -2.51. The van der Waals surface area contributed by atoms with Gasteiger partial charge in [0.15, 0.2) is 4.34 Å². The molecule has 1 N–H and O–H groups in total. The first-order valence-electron chi connectivity index (χ1n) is 7.86. The van der Waals surface area contributed by atoms with Crippen molar-refractivity contribution in [3.63, 3.8) is 0 Å². The van der Waals surface area contributed by atoms with Gasteiger partial charge < -0.3 is 5.32 Å². The number of aromatic nitrogens is 1. The van der Waals surface area contributed by atoms with Gasteiger partial charge in [0.1, 0.15) is 0 Å². The van der Waals surface area contributed by atoms with E-state index in [1.807, 2.05) is 23.1 Å². The minimum Gasteiger partial charge on any atom is -0.313 e. The molecule has 1 aliphatic rings. The highest BCUT2D eigenvalue weighted by molar-refractivity contribution is 8.01. The zero-order chi connectivity index (χ0) is 14.9. The van der Waals surface area contributed by atoms with Crippen molar-refractivity contribution in [2.24, 2.45) is 5.41 Å². The van der Waals surface area contributed by atoms with E-state index in [1.165, 1.54) is 28.3 Å². The van der Waals surface area contributed by atoms with Gasteiger partial charge in [-0.25, -0.2) is 4.98 Å². The molecule has 0 spiro atoms. The second-order valence-corrected chi connectivity index (χ2v) is 9.04. The lowest BCUT2D eigenvalue weighted by molar-refractivity contribution is 0.176. The van der Waals surface area contributed by atoms with Gasteiger partial charge in [-0.15, -0.1) is 11.3 Å². The van der Waals surface area contributed by atoms with Crippen LogP contribution in [0.2, 0.25) is 0 Å². The molecule has 0 aliphatic heterocycles. The Kier molecular flexibility index (Phi) is 4.57. The SMILES string of the molecule is CCNC1C(Sc2nc3ccccc3s2)CCCC1(C)C. The summed E-state index contributed by atoms with van der Waals surface area (Å²) in [5, 5.41) is 4.37. The van der Waals surface area contributed by atoms with Crippen LogP contribution >= 0.6 is 23.1 Å². The molecule has 114 valence electrons. The molecular formula is C17H24N2S2. The van der Waals surface area contributed by atoms with E-state index in [-0.39, 0.29) is 0 Å². The van der Waals surface area contributed by atoms with Gasteiger partial charge in [0.2, 0.25) is 0 Å². The summed E-state index contributed by atoms with van der Waals surface area (Å²) in [4.78, 5) is 4.80. The van der Waals surface area contributed by atoms with Crippen molar-refractivity contribution in [1.82, 2.24) is 10.3 Å². The van der Waals surface area contributed by atoms with E-state index in [0.29, 0.717) is 16.7 Å². The fourth-order valence-electron chi connectivity index (χ4n) is 3.37. The van der Waals surface area contributed by atoms with E-state index in [9.17, 15) is 0 Å². The van der Waals surface area contributed by atoms with Crippen LogP contribution in [0, 0.1) is 5.41 Å². The van der Waals surface area contributed by atoms with Gasteiger partial charge in [-0.05, 0) is 36.9 Å². The normalized spacial score (nSPS) is 25.3. The number of hydrogen-bond acceptors (Lipinski definition) is 4. The Balaban J connectivity index is 1.81. The fourth-order valence-corrected chi connectivity index (χ4v) is 6.19. The summed E-state index contributed by atoms with van der Waals surface area (Å²) in [6.07, 6.45) is 3.95. The minimum atomic E-state index is 0.378. The van der Waals surface area contributed by atoms with Crippen LogP contribution in [0.15, 0.2) is 28.6 Å². The van der Waals surface area contributed by atoms with Crippen molar-refractivity contribution < 1.29 is 0 Å². The number of nitrogens with zero attached hydrogens (tertiary/aromatic N) is 1. The number of hydrogen-bond donors (Lipinski definition) is 1. The van der Waals surface area contributed by atoms with Crippen molar-refractivity contribution in [3.8, 4) is 0 Å². The van der Waals surface area contributed by atoms with Crippen molar-refractivity contribution in [2.45, 2.75) is 55.7 Å². The topological polar surface area (TPSA) is 24.9 Å². The van der Waals surface area contributed by atoms with Crippen molar-refractivity contribution in [1.29, 1.82) is 0 Å². The molecule has 1 aromatic heterocycles. The lowest BCUT2D eigenvalue weighted by Gasteiger charge is -2.44. The quantitative estimate of drug-likeness (QED) is 0.863. The maximum absolute atomic E-state index is 4.80. The number of para-hydroxylation sites is 1. The first-order chi connectivity index (χ1) is 10.1. The van der Waals surface area contributed by atoms with Gasteiger partial charge in [0.05, 0.1) is 10.2 Å². The fraction of sp³-hybridized carbons (Fsp3) is 0.588. The van der Waals surface area contributed by atoms with E-state index >= 15 is 0 Å². The van der Waals surface area contributed by atoms with Crippen LogP contribution < -0.4 is 5.32 Å². The van der Waals surface area contributed by atoms with Gasteiger partial charge >= 0.3 is 0 Å². The Morgan fingerprint density at radius 2 is 2.19 bits per heavy atom. The van der Waals surface area contributed by atoms with E-state index < -0.39 is 0 Å². The summed E-state index contributed by atoms with van der Waals surface area (Å²) in [5.41, 5.74) is 1.52. The molecule has 2 nitrogen and oxygen atoms in total.